The van der Waals surface area contributed by atoms with Gasteiger partial charge in [-0.25, -0.2) is 14.6 Å². The smallest absolute Gasteiger partial charge is 0.358 e. The lowest BCUT2D eigenvalue weighted by molar-refractivity contribution is 0.0589. The number of anilines is 2. The first-order valence-electron chi connectivity index (χ1n) is 6.40. The van der Waals surface area contributed by atoms with Crippen LogP contribution in [0.2, 0.25) is 5.02 Å². The normalized spacial score (nSPS) is 10.2. The van der Waals surface area contributed by atoms with Gasteiger partial charge < -0.3 is 20.9 Å². The van der Waals surface area contributed by atoms with Crippen molar-refractivity contribution in [1.29, 1.82) is 0 Å². The Morgan fingerprint density at radius 3 is 2.26 bits per heavy atom. The maximum atomic E-state index is 11.6. The molecule has 2 aromatic rings. The summed E-state index contributed by atoms with van der Waals surface area (Å²) in [6.45, 7) is 0. The summed E-state index contributed by atoms with van der Waals surface area (Å²) in [4.78, 5) is 27.1. The molecule has 0 bridgehead atoms. The minimum atomic E-state index is -0.638. The molecule has 0 aliphatic carbocycles. The number of esters is 2. The minimum absolute atomic E-state index is 0.00604. The summed E-state index contributed by atoms with van der Waals surface area (Å²) in [7, 11) is 2.49. The van der Waals surface area contributed by atoms with Gasteiger partial charge in [-0.1, -0.05) is 11.6 Å². The van der Waals surface area contributed by atoms with E-state index in [1.165, 1.54) is 38.6 Å². The monoisotopic (exact) mass is 335 g/mol. The Morgan fingerprint density at radius 2 is 1.70 bits per heavy atom. The van der Waals surface area contributed by atoms with Crippen molar-refractivity contribution in [2.45, 2.75) is 0 Å². The summed E-state index contributed by atoms with van der Waals surface area (Å²) in [5, 5.41) is 0.270. The van der Waals surface area contributed by atoms with Crippen LogP contribution in [0.25, 0.3) is 11.1 Å². The highest BCUT2D eigenvalue weighted by Crippen LogP contribution is 2.33. The molecule has 7 nitrogen and oxygen atoms in total. The fraction of sp³-hybridized carbons (Fsp3) is 0.133. The number of halogens is 1. The van der Waals surface area contributed by atoms with E-state index >= 15 is 0 Å². The first-order chi connectivity index (χ1) is 10.9. The maximum Gasteiger partial charge on any atom is 0.358 e. The lowest BCUT2D eigenvalue weighted by Gasteiger charge is -2.11. The van der Waals surface area contributed by atoms with E-state index in [2.05, 4.69) is 14.5 Å². The molecule has 1 aromatic carbocycles. The number of carbonyl (C=O) groups is 2. The number of hydrogen-bond acceptors (Lipinski definition) is 7. The Morgan fingerprint density at radius 1 is 1.04 bits per heavy atom. The molecular weight excluding hydrogens is 322 g/mol. The molecule has 0 saturated carbocycles. The fourth-order valence-electron chi connectivity index (χ4n) is 1.99. The number of methoxy groups -OCH3 is 2. The molecule has 0 spiro atoms. The summed E-state index contributed by atoms with van der Waals surface area (Å²) in [6.07, 6.45) is 1.42. The topological polar surface area (TPSA) is 118 Å². The minimum Gasteiger partial charge on any atom is -0.465 e. The predicted molar refractivity (Wildman–Crippen MR) is 86.2 cm³/mol. The van der Waals surface area contributed by atoms with Gasteiger partial charge >= 0.3 is 11.9 Å². The third-order valence-electron chi connectivity index (χ3n) is 3.15. The number of ether oxygens (including phenoxy) is 2. The molecule has 0 amide bonds. The molecule has 0 aliphatic heterocycles. The Kier molecular flexibility index (Phi) is 4.71. The fourth-order valence-corrected chi connectivity index (χ4v) is 2.27. The van der Waals surface area contributed by atoms with Crippen molar-refractivity contribution in [3.63, 3.8) is 0 Å². The lowest BCUT2D eigenvalue weighted by Crippen LogP contribution is -2.09. The molecule has 0 aliphatic rings. The van der Waals surface area contributed by atoms with E-state index < -0.39 is 11.9 Å². The zero-order valence-corrected chi connectivity index (χ0v) is 13.2. The SMILES string of the molecule is COC(=O)c1cc(Cl)c(-c2cnc(C(=O)OC)c(N)c2)cc1N. The molecule has 0 atom stereocenters. The second-order valence-electron chi connectivity index (χ2n) is 4.56. The number of nitrogen functional groups attached to an aromatic ring is 2. The molecule has 0 unspecified atom stereocenters. The Hall–Kier alpha value is -2.80. The van der Waals surface area contributed by atoms with Crippen molar-refractivity contribution in [2.75, 3.05) is 25.7 Å². The number of nitrogens with two attached hydrogens (primary N) is 2. The average Bonchev–Trinajstić information content (AvgIpc) is 2.55. The number of aromatic nitrogens is 1. The summed E-state index contributed by atoms with van der Waals surface area (Å²) in [5.74, 6) is -1.23. The van der Waals surface area contributed by atoms with Gasteiger partial charge in [0.2, 0.25) is 0 Å². The number of rotatable bonds is 3. The van der Waals surface area contributed by atoms with Crippen LogP contribution in [-0.2, 0) is 9.47 Å². The van der Waals surface area contributed by atoms with Crippen molar-refractivity contribution in [1.82, 2.24) is 4.98 Å². The van der Waals surface area contributed by atoms with E-state index in [1.807, 2.05) is 0 Å². The molecule has 120 valence electrons. The van der Waals surface area contributed by atoms with Gasteiger partial charge in [0.1, 0.15) is 0 Å². The first kappa shape index (κ1) is 16.6. The van der Waals surface area contributed by atoms with Crippen molar-refractivity contribution in [3.05, 3.63) is 40.7 Å². The molecule has 8 heteroatoms. The molecule has 23 heavy (non-hydrogen) atoms. The summed E-state index contributed by atoms with van der Waals surface area (Å²) < 4.78 is 9.21. The van der Waals surface area contributed by atoms with Crippen LogP contribution in [0.5, 0.6) is 0 Å². The van der Waals surface area contributed by atoms with Crippen LogP contribution in [0.3, 0.4) is 0 Å². The van der Waals surface area contributed by atoms with Gasteiger partial charge in [-0.3, -0.25) is 0 Å². The third kappa shape index (κ3) is 3.19. The van der Waals surface area contributed by atoms with E-state index in [0.717, 1.165) is 0 Å². The summed E-state index contributed by atoms with van der Waals surface area (Å²) in [6, 6.07) is 4.45. The zero-order valence-electron chi connectivity index (χ0n) is 12.4. The zero-order chi connectivity index (χ0) is 17.1. The van der Waals surface area contributed by atoms with Gasteiger partial charge in [0.15, 0.2) is 5.69 Å². The van der Waals surface area contributed by atoms with Crippen LogP contribution in [0.15, 0.2) is 24.4 Å². The van der Waals surface area contributed by atoms with E-state index in [-0.39, 0.29) is 27.7 Å². The molecule has 0 radical (unpaired) electrons. The van der Waals surface area contributed by atoms with Gasteiger partial charge in [0.25, 0.3) is 0 Å². The average molecular weight is 336 g/mol. The standard InChI is InChI=1S/C15H14ClN3O4/c1-22-14(20)9-4-10(16)8(5-11(9)17)7-3-12(18)13(19-6-7)15(21)23-2/h3-6H,17-18H2,1-2H3. The van der Waals surface area contributed by atoms with Crippen LogP contribution >= 0.6 is 11.6 Å². The second-order valence-corrected chi connectivity index (χ2v) is 4.97. The molecule has 1 heterocycles. The van der Waals surface area contributed by atoms with Gasteiger partial charge in [-0.15, -0.1) is 0 Å². The van der Waals surface area contributed by atoms with E-state index in [9.17, 15) is 9.59 Å². The first-order valence-corrected chi connectivity index (χ1v) is 6.78. The predicted octanol–water partition coefficient (Wildman–Crippen LogP) is 2.14. The number of nitrogens with zero attached hydrogens (tertiary/aromatic N) is 1. The molecular formula is C15H14ClN3O4. The molecule has 4 N–H and O–H groups in total. The van der Waals surface area contributed by atoms with Crippen LogP contribution in [-0.4, -0.2) is 31.1 Å². The molecule has 2 rings (SSSR count). The number of benzene rings is 1. The number of carbonyl (C=O) groups excluding carboxylic acids is 2. The highest BCUT2D eigenvalue weighted by Gasteiger charge is 2.17. The Bertz CT molecular complexity index is 793. The van der Waals surface area contributed by atoms with Crippen molar-refractivity contribution in [2.24, 2.45) is 0 Å². The van der Waals surface area contributed by atoms with Crippen LogP contribution in [0.1, 0.15) is 20.8 Å². The number of pyridine rings is 1. The Balaban J connectivity index is 2.51. The largest absolute Gasteiger partial charge is 0.465 e. The second kappa shape index (κ2) is 6.53. The van der Waals surface area contributed by atoms with Gasteiger partial charge in [-0.2, -0.15) is 0 Å². The van der Waals surface area contributed by atoms with Crippen LogP contribution < -0.4 is 11.5 Å². The molecule has 0 fully saturated rings. The highest BCUT2D eigenvalue weighted by atomic mass is 35.5. The lowest BCUT2D eigenvalue weighted by atomic mass is 10.0. The van der Waals surface area contributed by atoms with Crippen molar-refractivity contribution in [3.8, 4) is 11.1 Å². The van der Waals surface area contributed by atoms with Crippen molar-refractivity contribution >= 4 is 34.9 Å². The van der Waals surface area contributed by atoms with Crippen molar-refractivity contribution < 1.29 is 19.1 Å². The van der Waals surface area contributed by atoms with E-state index in [4.69, 9.17) is 23.1 Å². The third-order valence-corrected chi connectivity index (χ3v) is 3.46. The number of hydrogen-bond donors (Lipinski definition) is 2. The quantitative estimate of drug-likeness (QED) is 0.651. The Labute approximate surface area is 137 Å². The highest BCUT2D eigenvalue weighted by molar-refractivity contribution is 6.34. The summed E-state index contributed by atoms with van der Waals surface area (Å²) in [5.41, 5.74) is 13.2. The maximum absolute atomic E-state index is 11.6. The van der Waals surface area contributed by atoms with E-state index in [0.29, 0.717) is 11.1 Å². The van der Waals surface area contributed by atoms with E-state index in [1.54, 1.807) is 0 Å². The van der Waals surface area contributed by atoms with Crippen LogP contribution in [0.4, 0.5) is 11.4 Å². The van der Waals surface area contributed by atoms with Crippen LogP contribution in [0, 0.1) is 0 Å². The van der Waals surface area contributed by atoms with Gasteiger partial charge in [-0.05, 0) is 18.2 Å². The van der Waals surface area contributed by atoms with Gasteiger partial charge in [0, 0.05) is 28.0 Å². The summed E-state index contributed by atoms with van der Waals surface area (Å²) >= 11 is 6.20. The molecule has 1 aromatic heterocycles. The van der Waals surface area contributed by atoms with Gasteiger partial charge in [0.05, 0.1) is 25.5 Å². The molecule has 0 saturated heterocycles.